The molecule has 4 heterocycles. The predicted octanol–water partition coefficient (Wildman–Crippen LogP) is 0.564. The number of aromatic amines is 1. The molecule has 0 radical (unpaired) electrons. The number of carbonyl (C=O) groups excluding carboxylic acids is 1. The standard InChI is InChI=1S/C15H17N7O2S/c16-15-18-13(19-20-15)9-1-4-21(5-2-9)11(23)7-22-8-17-10-3-6-25-12(10)14(22)24/h3,6,8-9H,1-2,4-5,7H2,(H3,16,18,19,20). The average molecular weight is 359 g/mol. The summed E-state index contributed by atoms with van der Waals surface area (Å²) in [5.41, 5.74) is 6.04. The molecule has 3 N–H and O–H groups in total. The van der Waals surface area contributed by atoms with E-state index in [4.69, 9.17) is 5.73 Å². The second-order valence-electron chi connectivity index (χ2n) is 6.05. The van der Waals surface area contributed by atoms with Crippen LogP contribution in [0.15, 0.2) is 22.6 Å². The molecule has 1 amide bonds. The lowest BCUT2D eigenvalue weighted by atomic mass is 9.96. The predicted molar refractivity (Wildman–Crippen MR) is 93.2 cm³/mol. The van der Waals surface area contributed by atoms with Crippen LogP contribution in [0.25, 0.3) is 10.2 Å². The van der Waals surface area contributed by atoms with Gasteiger partial charge in [-0.15, -0.1) is 16.4 Å². The third-order valence-corrected chi connectivity index (χ3v) is 5.39. The number of nitrogens with one attached hydrogen (secondary N) is 1. The van der Waals surface area contributed by atoms with Crippen molar-refractivity contribution in [2.24, 2.45) is 0 Å². The zero-order chi connectivity index (χ0) is 17.4. The molecular formula is C15H17N7O2S. The quantitative estimate of drug-likeness (QED) is 0.704. The minimum Gasteiger partial charge on any atom is -0.367 e. The van der Waals surface area contributed by atoms with Crippen LogP contribution in [0, 0.1) is 0 Å². The first kappa shape index (κ1) is 15.8. The van der Waals surface area contributed by atoms with E-state index < -0.39 is 0 Å². The van der Waals surface area contributed by atoms with Gasteiger partial charge in [0.1, 0.15) is 17.1 Å². The monoisotopic (exact) mass is 359 g/mol. The van der Waals surface area contributed by atoms with Crippen molar-refractivity contribution in [3.63, 3.8) is 0 Å². The number of amides is 1. The Morgan fingerprint density at radius 1 is 1.40 bits per heavy atom. The first-order valence-electron chi connectivity index (χ1n) is 8.00. The second-order valence-corrected chi connectivity index (χ2v) is 6.96. The second kappa shape index (κ2) is 6.28. The summed E-state index contributed by atoms with van der Waals surface area (Å²) >= 11 is 1.34. The minimum atomic E-state index is -0.166. The molecule has 0 spiro atoms. The lowest BCUT2D eigenvalue weighted by molar-refractivity contribution is -0.133. The maximum atomic E-state index is 12.5. The van der Waals surface area contributed by atoms with Gasteiger partial charge in [0.25, 0.3) is 5.56 Å². The third-order valence-electron chi connectivity index (χ3n) is 4.50. The van der Waals surface area contributed by atoms with Crippen LogP contribution in [-0.4, -0.2) is 48.6 Å². The maximum Gasteiger partial charge on any atom is 0.271 e. The number of nitrogens with two attached hydrogens (primary N) is 1. The third kappa shape index (κ3) is 3.00. The Labute approximate surface area is 146 Å². The van der Waals surface area contributed by atoms with Crippen molar-refractivity contribution in [1.29, 1.82) is 0 Å². The Kier molecular flexibility index (Phi) is 3.96. The highest BCUT2D eigenvalue weighted by Gasteiger charge is 2.26. The van der Waals surface area contributed by atoms with Crippen LogP contribution in [0.1, 0.15) is 24.6 Å². The van der Waals surface area contributed by atoms with Crippen molar-refractivity contribution in [1.82, 2.24) is 29.6 Å². The number of aromatic nitrogens is 5. The van der Waals surface area contributed by atoms with Crippen molar-refractivity contribution < 1.29 is 4.79 Å². The van der Waals surface area contributed by atoms with Crippen LogP contribution in [0.5, 0.6) is 0 Å². The van der Waals surface area contributed by atoms with E-state index in [1.165, 1.54) is 22.2 Å². The maximum absolute atomic E-state index is 12.5. The molecule has 0 bridgehead atoms. The summed E-state index contributed by atoms with van der Waals surface area (Å²) < 4.78 is 1.96. The number of anilines is 1. The van der Waals surface area contributed by atoms with Crippen LogP contribution in [-0.2, 0) is 11.3 Å². The van der Waals surface area contributed by atoms with Crippen LogP contribution in [0.2, 0.25) is 0 Å². The molecular weight excluding hydrogens is 342 g/mol. The number of carbonyl (C=O) groups is 1. The van der Waals surface area contributed by atoms with Crippen LogP contribution < -0.4 is 11.3 Å². The molecule has 0 atom stereocenters. The molecule has 0 saturated carbocycles. The van der Waals surface area contributed by atoms with Gasteiger partial charge in [-0.2, -0.15) is 4.98 Å². The highest BCUT2D eigenvalue weighted by molar-refractivity contribution is 7.17. The van der Waals surface area contributed by atoms with Gasteiger partial charge in [0.15, 0.2) is 0 Å². The van der Waals surface area contributed by atoms with Crippen molar-refractivity contribution in [2.45, 2.75) is 25.3 Å². The molecule has 4 rings (SSSR count). The number of rotatable bonds is 3. The first-order chi connectivity index (χ1) is 12.1. The Morgan fingerprint density at radius 2 is 2.20 bits per heavy atom. The van der Waals surface area contributed by atoms with Gasteiger partial charge in [0, 0.05) is 19.0 Å². The molecule has 10 heteroatoms. The summed E-state index contributed by atoms with van der Waals surface area (Å²) in [6.07, 6.45) is 3.02. The van der Waals surface area contributed by atoms with Crippen LogP contribution in [0.3, 0.4) is 0 Å². The van der Waals surface area contributed by atoms with E-state index in [1.54, 1.807) is 11.0 Å². The molecule has 1 aliphatic heterocycles. The van der Waals surface area contributed by atoms with Crippen LogP contribution >= 0.6 is 11.3 Å². The van der Waals surface area contributed by atoms with Gasteiger partial charge in [0.2, 0.25) is 11.9 Å². The minimum absolute atomic E-state index is 0.0135. The highest BCUT2D eigenvalue weighted by Crippen LogP contribution is 2.25. The van der Waals surface area contributed by atoms with E-state index in [0.717, 1.165) is 18.7 Å². The fraction of sp³-hybridized carbons (Fsp3) is 0.400. The van der Waals surface area contributed by atoms with E-state index in [2.05, 4.69) is 20.2 Å². The Morgan fingerprint density at radius 3 is 2.92 bits per heavy atom. The Hall–Kier alpha value is -2.75. The lowest BCUT2D eigenvalue weighted by Gasteiger charge is -2.31. The summed E-state index contributed by atoms with van der Waals surface area (Å²) in [7, 11) is 0. The number of fused-ring (bicyclic) bond motifs is 1. The van der Waals surface area contributed by atoms with E-state index >= 15 is 0 Å². The SMILES string of the molecule is Nc1n[nH]c(C2CCN(C(=O)Cn3cnc4ccsc4c3=O)CC2)n1. The topological polar surface area (TPSA) is 123 Å². The summed E-state index contributed by atoms with van der Waals surface area (Å²) in [6.45, 7) is 1.25. The smallest absolute Gasteiger partial charge is 0.271 e. The number of nitrogens with zero attached hydrogens (tertiary/aromatic N) is 5. The summed E-state index contributed by atoms with van der Waals surface area (Å²) in [5.74, 6) is 1.16. The summed E-state index contributed by atoms with van der Waals surface area (Å²) in [6, 6.07) is 1.80. The van der Waals surface area contributed by atoms with Crippen LogP contribution in [0.4, 0.5) is 5.95 Å². The van der Waals surface area contributed by atoms with Crippen molar-refractivity contribution in [3.05, 3.63) is 34.0 Å². The molecule has 3 aromatic heterocycles. The molecule has 1 saturated heterocycles. The van der Waals surface area contributed by atoms with Crippen molar-refractivity contribution in [3.8, 4) is 0 Å². The molecule has 0 aromatic carbocycles. The summed E-state index contributed by atoms with van der Waals surface area (Å²) in [5, 5.41) is 8.51. The van der Waals surface area contributed by atoms with E-state index in [-0.39, 0.29) is 29.9 Å². The molecule has 9 nitrogen and oxygen atoms in total. The number of hydrogen-bond donors (Lipinski definition) is 2. The van der Waals surface area contributed by atoms with Gasteiger partial charge in [0.05, 0.1) is 11.8 Å². The van der Waals surface area contributed by atoms with Gasteiger partial charge < -0.3 is 10.6 Å². The van der Waals surface area contributed by atoms with Gasteiger partial charge in [-0.3, -0.25) is 19.3 Å². The Balaban J connectivity index is 1.42. The number of piperidine rings is 1. The molecule has 130 valence electrons. The largest absolute Gasteiger partial charge is 0.367 e. The normalized spacial score (nSPS) is 15.8. The van der Waals surface area contributed by atoms with Crippen molar-refractivity contribution in [2.75, 3.05) is 18.8 Å². The first-order valence-corrected chi connectivity index (χ1v) is 8.88. The Bertz CT molecular complexity index is 968. The molecule has 25 heavy (non-hydrogen) atoms. The van der Waals surface area contributed by atoms with E-state index in [1.807, 2.05) is 5.38 Å². The number of H-pyrrole nitrogens is 1. The zero-order valence-corrected chi connectivity index (χ0v) is 14.2. The average Bonchev–Trinajstić information content (AvgIpc) is 3.27. The number of hydrogen-bond acceptors (Lipinski definition) is 7. The van der Waals surface area contributed by atoms with E-state index in [9.17, 15) is 9.59 Å². The van der Waals surface area contributed by atoms with Gasteiger partial charge >= 0.3 is 0 Å². The molecule has 1 fully saturated rings. The molecule has 0 unspecified atom stereocenters. The van der Waals surface area contributed by atoms with Gasteiger partial charge in [-0.25, -0.2) is 4.98 Å². The number of thiophene rings is 1. The van der Waals surface area contributed by atoms with E-state index in [0.29, 0.717) is 23.3 Å². The highest BCUT2D eigenvalue weighted by atomic mass is 32.1. The zero-order valence-electron chi connectivity index (χ0n) is 13.4. The van der Waals surface area contributed by atoms with Crippen molar-refractivity contribution >= 4 is 33.4 Å². The molecule has 0 aliphatic carbocycles. The molecule has 1 aliphatic rings. The summed E-state index contributed by atoms with van der Waals surface area (Å²) in [4.78, 5) is 35.1. The van der Waals surface area contributed by atoms with Gasteiger partial charge in [-0.05, 0) is 24.3 Å². The lowest BCUT2D eigenvalue weighted by Crippen LogP contribution is -2.41. The number of likely N-dealkylation sites (tertiary alicyclic amines) is 1. The van der Waals surface area contributed by atoms with Gasteiger partial charge in [-0.1, -0.05) is 0 Å². The molecule has 3 aromatic rings. The fourth-order valence-corrected chi connectivity index (χ4v) is 3.90. The number of nitrogen functional groups attached to an aromatic ring is 1. The fourth-order valence-electron chi connectivity index (χ4n) is 3.11.